The molecule has 0 saturated carbocycles. The fraction of sp³-hybridized carbons (Fsp3) is 0.423. The fourth-order valence-electron chi connectivity index (χ4n) is 4.78. The third kappa shape index (κ3) is 5.97. The van der Waals surface area contributed by atoms with Gasteiger partial charge in [0.15, 0.2) is 0 Å². The van der Waals surface area contributed by atoms with Gasteiger partial charge in [-0.1, -0.05) is 40.5 Å². The van der Waals surface area contributed by atoms with Crippen LogP contribution in [0.5, 0.6) is 0 Å². The van der Waals surface area contributed by atoms with Gasteiger partial charge in [0.25, 0.3) is 0 Å². The normalized spacial score (nSPS) is 17.1. The highest BCUT2D eigenvalue weighted by molar-refractivity contribution is 6.36. The summed E-state index contributed by atoms with van der Waals surface area (Å²) in [6.07, 6.45) is 4.16. The van der Waals surface area contributed by atoms with Crippen molar-refractivity contribution in [3.05, 3.63) is 64.0 Å². The summed E-state index contributed by atoms with van der Waals surface area (Å²) in [5.74, 6) is 1.14. The van der Waals surface area contributed by atoms with Gasteiger partial charge in [-0.05, 0) is 74.7 Å². The summed E-state index contributed by atoms with van der Waals surface area (Å²) in [5.41, 5.74) is 3.09. The first-order chi connectivity index (χ1) is 17.0. The average molecular weight is 514 g/mol. The summed E-state index contributed by atoms with van der Waals surface area (Å²) in [4.78, 5) is 21.9. The van der Waals surface area contributed by atoms with Crippen LogP contribution in [-0.2, 0) is 17.9 Å². The number of nitrogens with zero attached hydrogens (tertiary/aromatic N) is 4. The van der Waals surface area contributed by atoms with Gasteiger partial charge in [-0.25, -0.2) is 0 Å². The molecule has 9 heteroatoms. The number of carbonyl (C=O) groups excluding carboxylic acids is 1. The summed E-state index contributed by atoms with van der Waals surface area (Å²) in [5, 5.41) is 8.22. The minimum Gasteiger partial charge on any atom is -0.372 e. The van der Waals surface area contributed by atoms with Crippen LogP contribution in [0.4, 0.5) is 5.69 Å². The second-order valence-corrected chi connectivity index (χ2v) is 10.1. The Labute approximate surface area is 215 Å². The molecule has 5 rings (SSSR count). The second-order valence-electron chi connectivity index (χ2n) is 9.26. The molecule has 2 aliphatic heterocycles. The first-order valence-electron chi connectivity index (χ1n) is 12.2. The van der Waals surface area contributed by atoms with Crippen molar-refractivity contribution in [2.24, 2.45) is 5.92 Å². The fourth-order valence-corrected chi connectivity index (χ4v) is 5.27. The van der Waals surface area contributed by atoms with E-state index in [-0.39, 0.29) is 11.8 Å². The number of aromatic nitrogens is 2. The molecule has 0 atom stereocenters. The predicted molar refractivity (Wildman–Crippen MR) is 137 cm³/mol. The maximum Gasteiger partial charge on any atom is 0.241 e. The lowest BCUT2D eigenvalue weighted by Crippen LogP contribution is -2.40. The molecule has 2 saturated heterocycles. The molecule has 0 unspecified atom stereocenters. The Morgan fingerprint density at radius 1 is 1.03 bits per heavy atom. The molecule has 1 amide bonds. The average Bonchev–Trinajstić information content (AvgIpc) is 3.56. The van der Waals surface area contributed by atoms with E-state index in [2.05, 4.69) is 49.5 Å². The van der Waals surface area contributed by atoms with Gasteiger partial charge >= 0.3 is 0 Å². The first kappa shape index (κ1) is 24.1. The number of likely N-dealkylation sites (tertiary alicyclic amines) is 1. The van der Waals surface area contributed by atoms with Crippen molar-refractivity contribution in [3.63, 3.8) is 0 Å². The summed E-state index contributed by atoms with van der Waals surface area (Å²) < 4.78 is 5.43. The van der Waals surface area contributed by atoms with E-state index in [0.717, 1.165) is 44.6 Å². The number of anilines is 1. The third-order valence-corrected chi connectivity index (χ3v) is 7.38. The van der Waals surface area contributed by atoms with Crippen molar-refractivity contribution in [1.29, 1.82) is 0 Å². The van der Waals surface area contributed by atoms with Crippen LogP contribution >= 0.6 is 23.2 Å². The summed E-state index contributed by atoms with van der Waals surface area (Å²) in [6.45, 7) is 5.01. The lowest BCUT2D eigenvalue weighted by molar-refractivity contribution is -0.126. The Kier molecular flexibility index (Phi) is 7.56. The van der Waals surface area contributed by atoms with Crippen molar-refractivity contribution in [2.45, 2.75) is 38.8 Å². The third-order valence-electron chi connectivity index (χ3n) is 6.83. The molecule has 0 aliphatic carbocycles. The topological polar surface area (TPSA) is 74.5 Å². The molecule has 0 spiro atoms. The molecule has 3 heterocycles. The largest absolute Gasteiger partial charge is 0.372 e. The Morgan fingerprint density at radius 3 is 2.49 bits per heavy atom. The standard InChI is InChI=1S/C26H29Cl2N5O2/c27-20-5-8-22(23(28)15-20)25-30-24(35-31-25)17-32-13-9-19(10-14-32)26(34)29-16-18-3-6-21(7-4-18)33-11-1-2-12-33/h3-8,15,19H,1-2,9-14,16-17H2,(H,29,34). The Balaban J connectivity index is 1.07. The van der Waals surface area contributed by atoms with E-state index < -0.39 is 0 Å². The molecule has 0 bridgehead atoms. The number of piperidine rings is 1. The number of rotatable bonds is 7. The molecule has 2 fully saturated rings. The molecule has 2 aliphatic rings. The van der Waals surface area contributed by atoms with Crippen molar-refractivity contribution >= 4 is 34.8 Å². The van der Waals surface area contributed by atoms with Gasteiger partial charge in [0.1, 0.15) is 0 Å². The zero-order valence-electron chi connectivity index (χ0n) is 19.6. The van der Waals surface area contributed by atoms with Gasteiger partial charge in [0, 0.05) is 41.8 Å². The minimum atomic E-state index is 0.0289. The van der Waals surface area contributed by atoms with Gasteiger partial charge in [-0.2, -0.15) is 4.98 Å². The second kappa shape index (κ2) is 11.0. The summed E-state index contributed by atoms with van der Waals surface area (Å²) in [6, 6.07) is 13.8. The molecule has 7 nitrogen and oxygen atoms in total. The lowest BCUT2D eigenvalue weighted by atomic mass is 9.96. The number of nitrogens with one attached hydrogen (secondary N) is 1. The molecule has 1 N–H and O–H groups in total. The number of hydrogen-bond acceptors (Lipinski definition) is 6. The van der Waals surface area contributed by atoms with Gasteiger partial charge in [-0.3, -0.25) is 9.69 Å². The van der Waals surface area contributed by atoms with E-state index >= 15 is 0 Å². The quantitative estimate of drug-likeness (QED) is 0.469. The van der Waals surface area contributed by atoms with Crippen LogP contribution in [-0.4, -0.2) is 47.1 Å². The molecule has 0 radical (unpaired) electrons. The van der Waals surface area contributed by atoms with Crippen LogP contribution in [0, 0.1) is 5.92 Å². The molecule has 35 heavy (non-hydrogen) atoms. The minimum absolute atomic E-state index is 0.0289. The number of amides is 1. The van der Waals surface area contributed by atoms with Gasteiger partial charge in [-0.15, -0.1) is 0 Å². The van der Waals surface area contributed by atoms with E-state index in [1.165, 1.54) is 18.5 Å². The molecule has 1 aromatic heterocycles. The van der Waals surface area contributed by atoms with Crippen molar-refractivity contribution in [1.82, 2.24) is 20.4 Å². The van der Waals surface area contributed by atoms with Crippen molar-refractivity contribution in [3.8, 4) is 11.4 Å². The van der Waals surface area contributed by atoms with Crippen molar-refractivity contribution < 1.29 is 9.32 Å². The highest BCUT2D eigenvalue weighted by atomic mass is 35.5. The first-order valence-corrected chi connectivity index (χ1v) is 12.9. The Bertz CT molecular complexity index is 1150. The van der Waals surface area contributed by atoms with Crippen molar-refractivity contribution in [2.75, 3.05) is 31.1 Å². The summed E-state index contributed by atoms with van der Waals surface area (Å²) >= 11 is 12.2. The summed E-state index contributed by atoms with van der Waals surface area (Å²) in [7, 11) is 0. The Hall–Kier alpha value is -2.61. The highest BCUT2D eigenvalue weighted by Crippen LogP contribution is 2.29. The van der Waals surface area contributed by atoms with Crippen LogP contribution in [0.3, 0.4) is 0 Å². The van der Waals surface area contributed by atoms with E-state index in [0.29, 0.717) is 40.4 Å². The van der Waals surface area contributed by atoms with Crippen LogP contribution in [0.25, 0.3) is 11.4 Å². The zero-order chi connectivity index (χ0) is 24.2. The van der Waals surface area contributed by atoms with Crippen LogP contribution in [0.15, 0.2) is 47.0 Å². The van der Waals surface area contributed by atoms with Crippen LogP contribution < -0.4 is 10.2 Å². The number of carbonyl (C=O) groups is 1. The molecular formula is C26H29Cl2N5O2. The van der Waals surface area contributed by atoms with E-state index in [4.69, 9.17) is 27.7 Å². The molecule has 3 aromatic rings. The number of hydrogen-bond donors (Lipinski definition) is 1. The monoisotopic (exact) mass is 513 g/mol. The predicted octanol–water partition coefficient (Wildman–Crippen LogP) is 5.17. The van der Waals surface area contributed by atoms with E-state index in [1.54, 1.807) is 18.2 Å². The number of halogens is 2. The zero-order valence-corrected chi connectivity index (χ0v) is 21.1. The molecular weight excluding hydrogens is 485 g/mol. The van der Waals surface area contributed by atoms with Crippen LogP contribution in [0.2, 0.25) is 10.0 Å². The van der Waals surface area contributed by atoms with E-state index in [1.807, 2.05) is 0 Å². The SMILES string of the molecule is O=C(NCc1ccc(N2CCCC2)cc1)C1CCN(Cc2nc(-c3ccc(Cl)cc3Cl)no2)CC1. The molecule has 2 aromatic carbocycles. The van der Waals surface area contributed by atoms with Gasteiger partial charge in [0.2, 0.25) is 17.6 Å². The smallest absolute Gasteiger partial charge is 0.241 e. The molecule has 184 valence electrons. The lowest BCUT2D eigenvalue weighted by Gasteiger charge is -2.30. The maximum atomic E-state index is 12.7. The Morgan fingerprint density at radius 2 is 1.77 bits per heavy atom. The van der Waals surface area contributed by atoms with Crippen LogP contribution in [0.1, 0.15) is 37.1 Å². The van der Waals surface area contributed by atoms with Gasteiger partial charge in [0.05, 0.1) is 11.6 Å². The van der Waals surface area contributed by atoms with E-state index in [9.17, 15) is 4.79 Å². The number of benzene rings is 2. The van der Waals surface area contributed by atoms with Gasteiger partial charge < -0.3 is 14.7 Å². The highest BCUT2D eigenvalue weighted by Gasteiger charge is 2.26. The maximum absolute atomic E-state index is 12.7.